The number of thiophene rings is 3. The van der Waals surface area contributed by atoms with Gasteiger partial charge in [-0.2, -0.15) is 9.65 Å². The summed E-state index contributed by atoms with van der Waals surface area (Å²) in [7, 11) is 4.06. The molecule has 1 N–H and O–H groups in total. The molecule has 5 nitrogen and oxygen atoms in total. The van der Waals surface area contributed by atoms with Crippen LogP contribution in [0.1, 0.15) is 15.3 Å². The van der Waals surface area contributed by atoms with Crippen LogP contribution < -0.4 is 4.90 Å². The molecule has 0 spiro atoms. The zero-order valence-electron chi connectivity index (χ0n) is 22.0. The molecule has 4 heterocycles. The van der Waals surface area contributed by atoms with Gasteiger partial charge >= 0.3 is 5.97 Å². The molecule has 1 aliphatic heterocycles. The first-order valence-corrected chi connectivity index (χ1v) is 14.8. The summed E-state index contributed by atoms with van der Waals surface area (Å²) in [6, 6.07) is 21.6. The van der Waals surface area contributed by atoms with E-state index < -0.39 is 17.6 Å². The summed E-state index contributed by atoms with van der Waals surface area (Å²) in [5.74, 6) is -1.32. The minimum absolute atomic E-state index is 0.0488. The molecule has 4 aromatic rings. The van der Waals surface area contributed by atoms with Gasteiger partial charge in [-0.3, -0.25) is 0 Å². The maximum absolute atomic E-state index is 13.9. The number of aliphatic carboxylic acids is 1. The van der Waals surface area contributed by atoms with Gasteiger partial charge in [0.15, 0.2) is 0 Å². The lowest BCUT2D eigenvalue weighted by Crippen LogP contribution is -2.07. The third-order valence-corrected chi connectivity index (χ3v) is 9.58. The van der Waals surface area contributed by atoms with Gasteiger partial charge in [-0.15, -0.1) is 34.0 Å². The van der Waals surface area contributed by atoms with Gasteiger partial charge in [0.05, 0.1) is 0 Å². The first-order chi connectivity index (χ1) is 19.8. The zero-order valence-corrected chi connectivity index (χ0v) is 24.4. The van der Waals surface area contributed by atoms with E-state index in [2.05, 4.69) is 65.6 Å². The van der Waals surface area contributed by atoms with Crippen LogP contribution in [0.3, 0.4) is 0 Å². The number of carboxylic acids is 1. The Hall–Kier alpha value is -4.49. The largest absolute Gasteiger partial charge is 0.477 e. The van der Waals surface area contributed by atoms with E-state index in [1.165, 1.54) is 26.4 Å². The number of hydrogen-bond donors (Lipinski definition) is 1. The van der Waals surface area contributed by atoms with Gasteiger partial charge < -0.3 is 14.7 Å². The first kappa shape index (κ1) is 28.1. The van der Waals surface area contributed by atoms with Crippen molar-refractivity contribution in [3.05, 3.63) is 117 Å². The Labute approximate surface area is 249 Å². The molecule has 3 aromatic heterocycles. The second-order valence-corrected chi connectivity index (χ2v) is 12.4. The summed E-state index contributed by atoms with van der Waals surface area (Å²) >= 11 is 5.05. The van der Waals surface area contributed by atoms with Gasteiger partial charge in [0.1, 0.15) is 17.4 Å². The molecule has 41 heavy (non-hydrogen) atoms. The average Bonchev–Trinajstić information content (AvgIpc) is 3.72. The summed E-state index contributed by atoms with van der Waals surface area (Å²) in [5.41, 5.74) is 1.73. The van der Waals surface area contributed by atoms with Gasteiger partial charge in [-0.1, -0.05) is 18.2 Å². The molecule has 1 aromatic carbocycles. The fourth-order valence-corrected chi connectivity index (χ4v) is 6.94. The number of halogens is 1. The van der Waals surface area contributed by atoms with E-state index in [1.54, 1.807) is 52.2 Å². The minimum atomic E-state index is -1.42. The van der Waals surface area contributed by atoms with E-state index in [0.717, 1.165) is 26.3 Å². The second kappa shape index (κ2) is 12.4. The number of rotatable bonds is 8. The van der Waals surface area contributed by atoms with E-state index in [1.807, 2.05) is 26.2 Å². The fourth-order valence-electron chi connectivity index (χ4n) is 3.93. The Morgan fingerprint density at radius 3 is 1.95 bits per heavy atom. The molecular formula is C32H23FN2O3S3. The molecular weight excluding hydrogens is 576 g/mol. The summed E-state index contributed by atoms with van der Waals surface area (Å²) < 4.78 is 19.0. The first-order valence-electron chi connectivity index (χ1n) is 12.4. The number of anilines is 1. The summed E-state index contributed by atoms with van der Waals surface area (Å²) in [5, 5.41) is 18.2. The van der Waals surface area contributed by atoms with Crippen LogP contribution >= 0.6 is 34.0 Å². The molecule has 0 bridgehead atoms. The maximum Gasteiger partial charge on any atom is 0.347 e. The number of carbonyl (C=O) groups is 1. The number of nitrogens with zero attached hydrogens (tertiary/aromatic N) is 2. The van der Waals surface area contributed by atoms with Crippen LogP contribution in [0.25, 0.3) is 37.7 Å². The van der Waals surface area contributed by atoms with Crippen LogP contribution in [-0.2, 0) is 9.53 Å². The lowest BCUT2D eigenvalue weighted by molar-refractivity contribution is -0.132. The molecule has 204 valence electrons. The molecule has 0 atom stereocenters. The summed E-state index contributed by atoms with van der Waals surface area (Å²) in [6.07, 6.45) is 9.80. The van der Waals surface area contributed by atoms with Crippen molar-refractivity contribution in [3.8, 4) is 25.6 Å². The Balaban J connectivity index is 1.27. The number of benzene rings is 1. The van der Waals surface area contributed by atoms with E-state index in [-0.39, 0.29) is 11.3 Å². The monoisotopic (exact) mass is 598 g/mol. The van der Waals surface area contributed by atoms with Crippen molar-refractivity contribution in [2.45, 2.75) is 0 Å². The van der Waals surface area contributed by atoms with E-state index in [0.29, 0.717) is 0 Å². The van der Waals surface area contributed by atoms with Crippen LogP contribution in [-0.4, -0.2) is 25.2 Å². The molecule has 9 heteroatoms. The summed E-state index contributed by atoms with van der Waals surface area (Å²) in [4.78, 5) is 20.1. The van der Waals surface area contributed by atoms with E-state index in [9.17, 15) is 9.18 Å². The van der Waals surface area contributed by atoms with Crippen molar-refractivity contribution in [3.63, 3.8) is 0 Å². The molecule has 0 aliphatic carbocycles. The predicted octanol–water partition coefficient (Wildman–Crippen LogP) is 9.08. The molecule has 5 rings (SSSR count). The molecule has 0 saturated carbocycles. The summed E-state index contributed by atoms with van der Waals surface area (Å²) in [6.45, 7) is 0. The van der Waals surface area contributed by atoms with Gasteiger partial charge in [0.25, 0.3) is 6.01 Å². The molecule has 0 amide bonds. The van der Waals surface area contributed by atoms with E-state index >= 15 is 0 Å². The topological polar surface area (TPSA) is 73.6 Å². The SMILES string of the molecule is CN(C)c1ccc(/C=C/c2ccc(-c3ccc(-c4ccc(/C=C/C5=CC(=C(\C#N)C(=O)O)/C=C(F)O5)s4)s3)s2)cc1. The van der Waals surface area contributed by atoms with Crippen molar-refractivity contribution in [1.29, 1.82) is 5.26 Å². The third kappa shape index (κ3) is 6.81. The molecule has 0 radical (unpaired) electrons. The van der Waals surface area contributed by atoms with Crippen molar-refractivity contribution in [1.82, 2.24) is 0 Å². The maximum atomic E-state index is 13.9. The lowest BCUT2D eigenvalue weighted by atomic mass is 10.1. The van der Waals surface area contributed by atoms with Crippen LogP contribution in [0.2, 0.25) is 0 Å². The number of ether oxygens (including phenoxy) is 1. The number of allylic oxidation sites excluding steroid dienone is 4. The van der Waals surface area contributed by atoms with Gasteiger partial charge in [0, 0.05) is 60.7 Å². The van der Waals surface area contributed by atoms with E-state index in [4.69, 9.17) is 15.1 Å². The average molecular weight is 599 g/mol. The highest BCUT2D eigenvalue weighted by molar-refractivity contribution is 7.26. The zero-order chi connectivity index (χ0) is 28.9. The quantitative estimate of drug-likeness (QED) is 0.162. The van der Waals surface area contributed by atoms with Crippen LogP contribution in [0.4, 0.5) is 10.1 Å². The highest BCUT2D eigenvalue weighted by Crippen LogP contribution is 2.40. The fraction of sp³-hybridized carbons (Fsp3) is 0.0625. The van der Waals surface area contributed by atoms with Crippen molar-refractivity contribution in [2.75, 3.05) is 19.0 Å². The Morgan fingerprint density at radius 2 is 1.39 bits per heavy atom. The molecule has 1 aliphatic rings. The second-order valence-electron chi connectivity index (χ2n) is 9.07. The molecule has 0 unspecified atom stereocenters. The van der Waals surface area contributed by atoms with Crippen molar-refractivity contribution >= 4 is 63.9 Å². The molecule has 0 fully saturated rings. The van der Waals surface area contributed by atoms with Crippen molar-refractivity contribution in [2.24, 2.45) is 0 Å². The minimum Gasteiger partial charge on any atom is -0.477 e. The highest BCUT2D eigenvalue weighted by atomic mass is 32.1. The van der Waals surface area contributed by atoms with Crippen LogP contribution in [0.5, 0.6) is 0 Å². The molecule has 0 saturated heterocycles. The third-order valence-electron chi connectivity index (χ3n) is 6.00. The van der Waals surface area contributed by atoms with Gasteiger partial charge in [-0.25, -0.2) is 4.79 Å². The lowest BCUT2D eigenvalue weighted by Gasteiger charge is -2.11. The van der Waals surface area contributed by atoms with Gasteiger partial charge in [0.2, 0.25) is 0 Å². The van der Waals surface area contributed by atoms with Crippen LogP contribution in [0.15, 0.2) is 102 Å². The highest BCUT2D eigenvalue weighted by Gasteiger charge is 2.17. The Morgan fingerprint density at radius 1 is 0.829 bits per heavy atom. The standard InChI is InChI=1S/C32H23FN2O3S3/c1-35(2)22-6-3-20(4-7-22)5-9-24-11-13-27(39-24)29-15-16-30(41-29)28-14-12-25(40-28)10-8-23-17-21(18-31(33)38-23)26(19-34)32(36)37/h3-18H,1-2H3,(H,36,37)/b9-5+,10-8+,26-21-. The Kier molecular flexibility index (Phi) is 8.45. The number of hydrogen-bond acceptors (Lipinski definition) is 7. The number of nitriles is 1. The normalized spacial score (nSPS) is 14.5. The Bertz CT molecular complexity index is 1790. The predicted molar refractivity (Wildman–Crippen MR) is 168 cm³/mol. The smallest absolute Gasteiger partial charge is 0.347 e. The van der Waals surface area contributed by atoms with Crippen molar-refractivity contribution < 1.29 is 19.0 Å². The number of carboxylic acid groups (broad SMARTS) is 1. The van der Waals surface area contributed by atoms with Crippen LogP contribution in [0, 0.1) is 11.3 Å². The van der Waals surface area contributed by atoms with Gasteiger partial charge in [-0.05, 0) is 78.4 Å².